The molecule has 1 aromatic heterocycles. The van der Waals surface area contributed by atoms with Gasteiger partial charge in [-0.15, -0.1) is 0 Å². The Kier molecular flexibility index (Phi) is 3.31. The van der Waals surface area contributed by atoms with E-state index in [-0.39, 0.29) is 11.8 Å². The van der Waals surface area contributed by atoms with E-state index in [0.29, 0.717) is 15.8 Å². The molecule has 1 heterocycles. The van der Waals surface area contributed by atoms with E-state index in [1.165, 1.54) is 11.3 Å². The van der Waals surface area contributed by atoms with Crippen LogP contribution in [0.1, 0.15) is 12.8 Å². The van der Waals surface area contributed by atoms with Crippen LogP contribution in [0.25, 0.3) is 11.3 Å². The Morgan fingerprint density at radius 1 is 1.50 bits per heavy atom. The number of nitrogen functional groups attached to an aromatic ring is 1. The molecule has 0 saturated heterocycles. The van der Waals surface area contributed by atoms with Gasteiger partial charge in [0.2, 0.25) is 5.91 Å². The fourth-order valence-corrected chi connectivity index (χ4v) is 2.67. The average Bonchev–Trinajstić information content (AvgIpc) is 3.24. The summed E-state index contributed by atoms with van der Waals surface area (Å²) in [5, 5.41) is 3.96. The van der Waals surface area contributed by atoms with E-state index in [1.807, 2.05) is 24.3 Å². The highest BCUT2D eigenvalue weighted by Gasteiger charge is 2.30. The zero-order valence-corrected chi connectivity index (χ0v) is 11.9. The zero-order valence-electron chi connectivity index (χ0n) is 11.1. The van der Waals surface area contributed by atoms with E-state index < -0.39 is 0 Å². The SMILES string of the molecule is COc1cccc(-c2nc(NC(=O)C3CC3)sc2N)c1. The van der Waals surface area contributed by atoms with Gasteiger partial charge in [-0.2, -0.15) is 0 Å². The summed E-state index contributed by atoms with van der Waals surface area (Å²) in [6.45, 7) is 0. The molecule has 3 N–H and O–H groups in total. The van der Waals surface area contributed by atoms with Crippen LogP contribution in [0.5, 0.6) is 5.75 Å². The summed E-state index contributed by atoms with van der Waals surface area (Å²) in [6, 6.07) is 7.54. The van der Waals surface area contributed by atoms with Gasteiger partial charge in [0.15, 0.2) is 5.13 Å². The molecule has 1 aliphatic carbocycles. The number of amides is 1. The fourth-order valence-electron chi connectivity index (χ4n) is 1.92. The first kappa shape index (κ1) is 12.9. The molecule has 5 nitrogen and oxygen atoms in total. The number of carbonyl (C=O) groups is 1. The van der Waals surface area contributed by atoms with Crippen LogP contribution in [-0.2, 0) is 4.79 Å². The number of benzene rings is 1. The van der Waals surface area contributed by atoms with Gasteiger partial charge in [-0.05, 0) is 25.0 Å². The van der Waals surface area contributed by atoms with E-state index in [2.05, 4.69) is 10.3 Å². The van der Waals surface area contributed by atoms with Crippen molar-refractivity contribution >= 4 is 27.4 Å². The maximum absolute atomic E-state index is 11.7. The summed E-state index contributed by atoms with van der Waals surface area (Å²) >= 11 is 1.29. The van der Waals surface area contributed by atoms with Gasteiger partial charge >= 0.3 is 0 Å². The van der Waals surface area contributed by atoms with E-state index >= 15 is 0 Å². The lowest BCUT2D eigenvalue weighted by atomic mass is 10.1. The molecule has 1 aliphatic rings. The summed E-state index contributed by atoms with van der Waals surface area (Å²) in [6.07, 6.45) is 1.94. The highest BCUT2D eigenvalue weighted by Crippen LogP contribution is 2.36. The molecule has 20 heavy (non-hydrogen) atoms. The third-order valence-corrected chi connectivity index (χ3v) is 3.97. The number of rotatable bonds is 4. The van der Waals surface area contributed by atoms with Crippen LogP contribution in [0, 0.1) is 5.92 Å². The first-order chi connectivity index (χ1) is 9.67. The van der Waals surface area contributed by atoms with Crippen LogP contribution in [-0.4, -0.2) is 18.0 Å². The molecule has 0 aliphatic heterocycles. The Morgan fingerprint density at radius 2 is 2.30 bits per heavy atom. The molecule has 0 unspecified atom stereocenters. The first-order valence-electron chi connectivity index (χ1n) is 6.39. The number of carbonyl (C=O) groups excluding carboxylic acids is 1. The summed E-state index contributed by atoms with van der Waals surface area (Å²) in [5.74, 6) is 0.940. The van der Waals surface area contributed by atoms with Crippen LogP contribution in [0.4, 0.5) is 10.1 Å². The second-order valence-electron chi connectivity index (χ2n) is 4.73. The van der Waals surface area contributed by atoms with Crippen LogP contribution in [0.3, 0.4) is 0 Å². The van der Waals surface area contributed by atoms with Gasteiger partial charge in [-0.1, -0.05) is 23.5 Å². The molecule has 6 heteroatoms. The molecule has 1 aromatic carbocycles. The van der Waals surface area contributed by atoms with Crippen LogP contribution < -0.4 is 15.8 Å². The van der Waals surface area contributed by atoms with Crippen LogP contribution in [0.15, 0.2) is 24.3 Å². The van der Waals surface area contributed by atoms with Crippen molar-refractivity contribution in [1.82, 2.24) is 4.98 Å². The van der Waals surface area contributed by atoms with E-state index in [4.69, 9.17) is 10.5 Å². The molecular weight excluding hydrogens is 274 g/mol. The highest BCUT2D eigenvalue weighted by atomic mass is 32.1. The molecule has 1 amide bonds. The largest absolute Gasteiger partial charge is 0.497 e. The predicted octanol–water partition coefficient (Wildman–Crippen LogP) is 2.75. The first-order valence-corrected chi connectivity index (χ1v) is 7.20. The average molecular weight is 289 g/mol. The fraction of sp³-hybridized carbons (Fsp3) is 0.286. The molecule has 1 saturated carbocycles. The normalized spacial score (nSPS) is 14.1. The monoisotopic (exact) mass is 289 g/mol. The Bertz CT molecular complexity index is 650. The minimum atomic E-state index is 0.0379. The van der Waals surface area contributed by atoms with Crippen LogP contribution >= 0.6 is 11.3 Å². The van der Waals surface area contributed by atoms with Crippen molar-refractivity contribution in [2.75, 3.05) is 18.2 Å². The van der Waals surface area contributed by atoms with E-state index in [1.54, 1.807) is 7.11 Å². The highest BCUT2D eigenvalue weighted by molar-refractivity contribution is 7.20. The number of aromatic nitrogens is 1. The molecule has 1 fully saturated rings. The number of hydrogen-bond donors (Lipinski definition) is 2. The maximum atomic E-state index is 11.7. The number of ether oxygens (including phenoxy) is 1. The summed E-state index contributed by atoms with van der Waals surface area (Å²) in [7, 11) is 1.62. The van der Waals surface area contributed by atoms with E-state index in [9.17, 15) is 4.79 Å². The number of hydrogen-bond acceptors (Lipinski definition) is 5. The lowest BCUT2D eigenvalue weighted by Crippen LogP contribution is -2.12. The number of nitrogens with one attached hydrogen (secondary N) is 1. The van der Waals surface area contributed by atoms with Gasteiger partial charge in [0.25, 0.3) is 0 Å². The summed E-state index contributed by atoms with van der Waals surface area (Å²) in [5.41, 5.74) is 7.56. The third kappa shape index (κ3) is 2.60. The molecule has 3 rings (SSSR count). The topological polar surface area (TPSA) is 77.2 Å². The Hall–Kier alpha value is -2.08. The van der Waals surface area contributed by atoms with Crippen molar-refractivity contribution in [1.29, 1.82) is 0 Å². The Morgan fingerprint density at radius 3 is 3.00 bits per heavy atom. The second-order valence-corrected chi connectivity index (χ2v) is 5.76. The van der Waals surface area contributed by atoms with Gasteiger partial charge in [0.05, 0.1) is 7.11 Å². The van der Waals surface area contributed by atoms with Gasteiger partial charge in [-0.25, -0.2) is 4.98 Å². The lowest BCUT2D eigenvalue weighted by molar-refractivity contribution is -0.117. The molecule has 0 radical (unpaired) electrons. The minimum Gasteiger partial charge on any atom is -0.497 e. The van der Waals surface area contributed by atoms with Crippen molar-refractivity contribution in [3.8, 4) is 17.0 Å². The van der Waals surface area contributed by atoms with Gasteiger partial charge in [0.1, 0.15) is 16.4 Å². The third-order valence-electron chi connectivity index (χ3n) is 3.17. The van der Waals surface area contributed by atoms with Crippen molar-refractivity contribution in [2.24, 2.45) is 5.92 Å². The van der Waals surface area contributed by atoms with E-state index in [0.717, 1.165) is 24.2 Å². The molecule has 0 bridgehead atoms. The standard InChI is InChI=1S/C14H15N3O2S/c1-19-10-4-2-3-9(7-10)11-12(15)20-14(16-11)17-13(18)8-5-6-8/h2-4,7-8H,5-6,15H2,1H3,(H,16,17,18). The Labute approximate surface area is 120 Å². The summed E-state index contributed by atoms with van der Waals surface area (Å²) in [4.78, 5) is 16.1. The Balaban J connectivity index is 1.85. The summed E-state index contributed by atoms with van der Waals surface area (Å²) < 4.78 is 5.19. The van der Waals surface area contributed by atoms with Crippen molar-refractivity contribution in [3.05, 3.63) is 24.3 Å². The molecule has 104 valence electrons. The number of anilines is 2. The van der Waals surface area contributed by atoms with Crippen molar-refractivity contribution in [2.45, 2.75) is 12.8 Å². The molecular formula is C14H15N3O2S. The molecule has 2 aromatic rings. The van der Waals surface area contributed by atoms with Crippen molar-refractivity contribution < 1.29 is 9.53 Å². The second kappa shape index (κ2) is 5.13. The van der Waals surface area contributed by atoms with Gasteiger partial charge < -0.3 is 15.8 Å². The smallest absolute Gasteiger partial charge is 0.229 e. The molecule has 0 atom stereocenters. The zero-order chi connectivity index (χ0) is 14.1. The predicted molar refractivity (Wildman–Crippen MR) is 79.9 cm³/mol. The minimum absolute atomic E-state index is 0.0379. The number of nitrogens with two attached hydrogens (primary N) is 1. The van der Waals surface area contributed by atoms with Gasteiger partial charge in [0, 0.05) is 11.5 Å². The maximum Gasteiger partial charge on any atom is 0.229 e. The lowest BCUT2D eigenvalue weighted by Gasteiger charge is -2.02. The number of methoxy groups -OCH3 is 1. The van der Waals surface area contributed by atoms with Crippen LogP contribution in [0.2, 0.25) is 0 Å². The number of nitrogens with zero attached hydrogens (tertiary/aromatic N) is 1. The quantitative estimate of drug-likeness (QED) is 0.907. The number of thiazole rings is 1. The van der Waals surface area contributed by atoms with Gasteiger partial charge in [-0.3, -0.25) is 4.79 Å². The van der Waals surface area contributed by atoms with Crippen molar-refractivity contribution in [3.63, 3.8) is 0 Å². The molecule has 0 spiro atoms.